The van der Waals surface area contributed by atoms with Gasteiger partial charge in [0.2, 0.25) is 0 Å². The molecule has 0 saturated carbocycles. The Morgan fingerprint density at radius 2 is 1.26 bits per heavy atom. The molecule has 1 fully saturated rings. The van der Waals surface area contributed by atoms with Gasteiger partial charge in [-0.1, -0.05) is 18.2 Å². The lowest BCUT2D eigenvalue weighted by Crippen LogP contribution is -2.46. The number of aliphatic hydroxyl groups is 1. The molecule has 4 rings (SSSR count). The second-order valence-corrected chi connectivity index (χ2v) is 10.5. The molecule has 0 bridgehead atoms. The zero-order chi connectivity index (χ0) is 29.6. The number of anilines is 1. The van der Waals surface area contributed by atoms with Gasteiger partial charge in [0.15, 0.2) is 0 Å². The molecule has 1 aliphatic rings. The first-order valence-corrected chi connectivity index (χ1v) is 14.9. The van der Waals surface area contributed by atoms with Gasteiger partial charge >= 0.3 is 0 Å². The Morgan fingerprint density at radius 1 is 0.667 bits per heavy atom. The van der Waals surface area contributed by atoms with Crippen LogP contribution < -0.4 is 19.1 Å². The van der Waals surface area contributed by atoms with Crippen LogP contribution in [0.25, 0.3) is 11.1 Å². The van der Waals surface area contributed by atoms with Crippen LogP contribution in [0.5, 0.6) is 17.2 Å². The number of methoxy groups -OCH3 is 1. The van der Waals surface area contributed by atoms with Crippen LogP contribution in [0.15, 0.2) is 60.7 Å². The highest BCUT2D eigenvalue weighted by molar-refractivity contribution is 5.75. The Morgan fingerprint density at radius 3 is 1.93 bits per heavy atom. The Labute approximate surface area is 250 Å². The Hall–Kier alpha value is -3.30. The van der Waals surface area contributed by atoms with E-state index in [-0.39, 0.29) is 6.61 Å². The van der Waals surface area contributed by atoms with Gasteiger partial charge in [0.1, 0.15) is 37.1 Å². The first-order chi connectivity index (χ1) is 20.6. The minimum Gasteiger partial charge on any atom is -0.491 e. The summed E-state index contributed by atoms with van der Waals surface area (Å²) in [6.07, 6.45) is 0.840. The number of rotatable bonds is 17. The smallest absolute Gasteiger partial charge is 0.123 e. The van der Waals surface area contributed by atoms with Gasteiger partial charge in [-0.3, -0.25) is 4.90 Å². The molecule has 0 aromatic heterocycles. The molecular weight excluding hydrogens is 532 g/mol. The van der Waals surface area contributed by atoms with Crippen LogP contribution in [0.4, 0.5) is 5.69 Å². The summed E-state index contributed by atoms with van der Waals surface area (Å²) in [6.45, 7) is 12.5. The van der Waals surface area contributed by atoms with E-state index in [1.165, 1.54) is 27.9 Å². The standard InChI is InChI=1S/C34H46N2O6/c1-27-8-10-29(36-15-13-35(14-16-36)12-5-17-37)24-33(27)34-26-32(11-9-28(34)2)42-23-22-41-31-7-4-6-30(25-31)40-21-20-39-19-18-38-3/h4,6-11,24-26,37H,5,12-23H2,1-3H3. The lowest BCUT2D eigenvalue weighted by Gasteiger charge is -2.36. The van der Waals surface area contributed by atoms with E-state index >= 15 is 0 Å². The fourth-order valence-electron chi connectivity index (χ4n) is 5.04. The largest absolute Gasteiger partial charge is 0.491 e. The lowest BCUT2D eigenvalue weighted by atomic mass is 9.95. The van der Waals surface area contributed by atoms with Crippen molar-refractivity contribution >= 4 is 5.69 Å². The van der Waals surface area contributed by atoms with Gasteiger partial charge in [0.05, 0.1) is 19.8 Å². The summed E-state index contributed by atoms with van der Waals surface area (Å²) in [6, 6.07) is 20.7. The van der Waals surface area contributed by atoms with E-state index in [9.17, 15) is 0 Å². The van der Waals surface area contributed by atoms with E-state index in [0.717, 1.165) is 56.4 Å². The molecule has 0 radical (unpaired) electrons. The normalized spacial score (nSPS) is 13.8. The first-order valence-electron chi connectivity index (χ1n) is 14.9. The second kappa shape index (κ2) is 17.0. The van der Waals surface area contributed by atoms with Crippen molar-refractivity contribution in [2.45, 2.75) is 20.3 Å². The van der Waals surface area contributed by atoms with Crippen molar-refractivity contribution in [3.63, 3.8) is 0 Å². The highest BCUT2D eigenvalue weighted by Crippen LogP contribution is 2.33. The number of piperazine rings is 1. The van der Waals surface area contributed by atoms with Gasteiger partial charge in [0, 0.05) is 58.2 Å². The molecule has 3 aromatic rings. The zero-order valence-corrected chi connectivity index (χ0v) is 25.3. The molecule has 1 aliphatic heterocycles. The van der Waals surface area contributed by atoms with Crippen LogP contribution in [-0.2, 0) is 9.47 Å². The van der Waals surface area contributed by atoms with Gasteiger partial charge in [0.25, 0.3) is 0 Å². The van der Waals surface area contributed by atoms with Crippen LogP contribution in [0.2, 0.25) is 0 Å². The van der Waals surface area contributed by atoms with Crippen molar-refractivity contribution < 1.29 is 28.8 Å². The predicted molar refractivity (Wildman–Crippen MR) is 167 cm³/mol. The number of hydrogen-bond acceptors (Lipinski definition) is 8. The van der Waals surface area contributed by atoms with Crippen molar-refractivity contribution in [2.24, 2.45) is 0 Å². The maximum Gasteiger partial charge on any atom is 0.123 e. The van der Waals surface area contributed by atoms with Gasteiger partial charge < -0.3 is 33.7 Å². The predicted octanol–water partition coefficient (Wildman–Crippen LogP) is 4.97. The molecule has 228 valence electrons. The number of benzene rings is 3. The van der Waals surface area contributed by atoms with Crippen molar-refractivity contribution in [3.8, 4) is 28.4 Å². The summed E-state index contributed by atoms with van der Waals surface area (Å²) in [5, 5.41) is 9.14. The fourth-order valence-corrected chi connectivity index (χ4v) is 5.04. The lowest BCUT2D eigenvalue weighted by molar-refractivity contribution is 0.0544. The van der Waals surface area contributed by atoms with Crippen molar-refractivity contribution in [2.75, 3.05) is 91.0 Å². The number of ether oxygens (including phenoxy) is 5. The molecule has 1 saturated heterocycles. The fraction of sp³-hybridized carbons (Fsp3) is 0.471. The third-order valence-electron chi connectivity index (χ3n) is 7.44. The van der Waals surface area contributed by atoms with E-state index in [4.69, 9.17) is 28.8 Å². The van der Waals surface area contributed by atoms with Gasteiger partial charge in [-0.25, -0.2) is 0 Å². The minimum absolute atomic E-state index is 0.257. The third-order valence-corrected chi connectivity index (χ3v) is 7.44. The average molecular weight is 579 g/mol. The van der Waals surface area contributed by atoms with E-state index in [2.05, 4.69) is 54.0 Å². The molecule has 0 atom stereocenters. The topological polar surface area (TPSA) is 72.9 Å². The summed E-state index contributed by atoms with van der Waals surface area (Å²) in [4.78, 5) is 4.89. The molecule has 1 N–H and O–H groups in total. The average Bonchev–Trinajstić information content (AvgIpc) is 3.01. The first kappa shape index (κ1) is 31.6. The molecule has 3 aromatic carbocycles. The summed E-state index contributed by atoms with van der Waals surface area (Å²) in [7, 11) is 1.65. The molecule has 42 heavy (non-hydrogen) atoms. The minimum atomic E-state index is 0.257. The molecule has 8 nitrogen and oxygen atoms in total. The zero-order valence-electron chi connectivity index (χ0n) is 25.3. The monoisotopic (exact) mass is 578 g/mol. The maximum atomic E-state index is 9.14. The maximum absolute atomic E-state index is 9.14. The summed E-state index contributed by atoms with van der Waals surface area (Å²) in [5.41, 5.74) is 6.13. The highest BCUT2D eigenvalue weighted by Gasteiger charge is 2.18. The molecule has 0 aliphatic carbocycles. The number of hydrogen-bond donors (Lipinski definition) is 1. The summed E-state index contributed by atoms with van der Waals surface area (Å²) in [5.74, 6) is 2.31. The van der Waals surface area contributed by atoms with E-state index < -0.39 is 0 Å². The Bertz CT molecular complexity index is 1230. The van der Waals surface area contributed by atoms with E-state index in [0.29, 0.717) is 39.6 Å². The summed E-state index contributed by atoms with van der Waals surface area (Å²) >= 11 is 0. The molecule has 0 amide bonds. The van der Waals surface area contributed by atoms with E-state index in [1.54, 1.807) is 7.11 Å². The number of aliphatic hydroxyl groups excluding tert-OH is 1. The Kier molecular flexibility index (Phi) is 12.8. The number of aryl methyl sites for hydroxylation is 2. The molecule has 0 unspecified atom stereocenters. The molecule has 0 spiro atoms. The second-order valence-electron chi connectivity index (χ2n) is 10.5. The van der Waals surface area contributed by atoms with Crippen molar-refractivity contribution in [1.82, 2.24) is 4.90 Å². The van der Waals surface area contributed by atoms with Crippen LogP contribution >= 0.6 is 0 Å². The van der Waals surface area contributed by atoms with Crippen LogP contribution in [0.1, 0.15) is 17.5 Å². The van der Waals surface area contributed by atoms with Crippen LogP contribution in [-0.4, -0.2) is 96.1 Å². The molecular formula is C34H46N2O6. The number of nitrogens with zero attached hydrogens (tertiary/aromatic N) is 2. The van der Waals surface area contributed by atoms with E-state index in [1.807, 2.05) is 30.3 Å². The van der Waals surface area contributed by atoms with Crippen molar-refractivity contribution in [3.05, 3.63) is 71.8 Å². The van der Waals surface area contributed by atoms with Gasteiger partial charge in [-0.15, -0.1) is 0 Å². The van der Waals surface area contributed by atoms with Crippen molar-refractivity contribution in [1.29, 1.82) is 0 Å². The molecule has 1 heterocycles. The summed E-state index contributed by atoms with van der Waals surface area (Å²) < 4.78 is 28.2. The SMILES string of the molecule is COCCOCCOc1cccc(OCCOc2ccc(C)c(-c3cc(N4CCN(CCCO)CC4)ccc3C)c2)c1. The highest BCUT2D eigenvalue weighted by atomic mass is 16.5. The van der Waals surface area contributed by atoms with Gasteiger partial charge in [-0.05, 0) is 78.9 Å². The third kappa shape index (κ3) is 9.63. The van der Waals surface area contributed by atoms with Crippen LogP contribution in [0, 0.1) is 13.8 Å². The van der Waals surface area contributed by atoms with Gasteiger partial charge in [-0.2, -0.15) is 0 Å². The quantitative estimate of drug-likeness (QED) is 0.225. The Balaban J connectivity index is 1.29. The molecule has 8 heteroatoms. The van der Waals surface area contributed by atoms with Crippen LogP contribution in [0.3, 0.4) is 0 Å².